The summed E-state index contributed by atoms with van der Waals surface area (Å²) in [6, 6.07) is 7.45. The van der Waals surface area contributed by atoms with Crippen molar-refractivity contribution in [2.75, 3.05) is 4.90 Å². The lowest BCUT2D eigenvalue weighted by atomic mass is 10.1. The van der Waals surface area contributed by atoms with Crippen molar-refractivity contribution in [1.82, 2.24) is 5.32 Å². The fourth-order valence-electron chi connectivity index (χ4n) is 2.63. The van der Waals surface area contributed by atoms with Gasteiger partial charge in [-0.15, -0.1) is 16.6 Å². The first-order valence-electron chi connectivity index (χ1n) is 7.28. The van der Waals surface area contributed by atoms with Gasteiger partial charge in [-0.05, 0) is 23.8 Å². The van der Waals surface area contributed by atoms with Crippen molar-refractivity contribution in [1.29, 1.82) is 5.26 Å². The molecule has 2 heterocycles. The molecule has 26 heavy (non-hydrogen) atoms. The zero-order valence-electron chi connectivity index (χ0n) is 13.1. The van der Waals surface area contributed by atoms with Crippen LogP contribution in [-0.4, -0.2) is 24.1 Å². The SMILES string of the molecule is N#COC(=O)c1cc2c(s1)N(C(N)=O)C(Cc1cccc(Cl)c1)NC2=O. The summed E-state index contributed by atoms with van der Waals surface area (Å²) < 4.78 is 4.27. The molecular weight excluding hydrogens is 380 g/mol. The van der Waals surface area contributed by atoms with Gasteiger partial charge in [0, 0.05) is 11.4 Å². The number of carbonyl (C=O) groups is 3. The minimum atomic E-state index is -0.907. The summed E-state index contributed by atoms with van der Waals surface area (Å²) in [5, 5.41) is 11.9. The number of nitrogens with two attached hydrogens (primary N) is 1. The molecule has 0 saturated heterocycles. The molecule has 3 rings (SSSR count). The van der Waals surface area contributed by atoms with Crippen LogP contribution in [0, 0.1) is 11.5 Å². The fourth-order valence-corrected chi connectivity index (χ4v) is 3.93. The topological polar surface area (TPSA) is 126 Å². The monoisotopic (exact) mass is 390 g/mol. The molecule has 10 heteroatoms. The van der Waals surface area contributed by atoms with Crippen LogP contribution in [0.3, 0.4) is 0 Å². The number of thiophene rings is 1. The fraction of sp³-hybridized carbons (Fsp3) is 0.125. The standard InChI is InChI=1S/C16H11ClN4O4S/c17-9-3-1-2-8(4-9)5-12-20-13(22)10-6-11(15(23)25-7-18)26-14(10)21(12)16(19)24/h1-4,6,12H,5H2,(H2,19,24)(H,20,22). The van der Waals surface area contributed by atoms with Gasteiger partial charge in [-0.3, -0.25) is 9.69 Å². The van der Waals surface area contributed by atoms with Crippen LogP contribution in [0.15, 0.2) is 30.3 Å². The van der Waals surface area contributed by atoms with Crippen LogP contribution in [0.5, 0.6) is 0 Å². The van der Waals surface area contributed by atoms with Gasteiger partial charge in [-0.2, -0.15) is 0 Å². The average Bonchev–Trinajstić information content (AvgIpc) is 3.00. The predicted octanol–water partition coefficient (Wildman–Crippen LogP) is 2.24. The van der Waals surface area contributed by atoms with Gasteiger partial charge in [-0.1, -0.05) is 23.7 Å². The number of ether oxygens (including phenoxy) is 1. The zero-order chi connectivity index (χ0) is 18.8. The van der Waals surface area contributed by atoms with Crippen molar-refractivity contribution in [3.8, 4) is 6.26 Å². The van der Waals surface area contributed by atoms with Gasteiger partial charge in [-0.25, -0.2) is 9.59 Å². The normalized spacial score (nSPS) is 15.6. The van der Waals surface area contributed by atoms with Crippen molar-refractivity contribution in [3.63, 3.8) is 0 Å². The number of urea groups is 1. The number of hydrogen-bond acceptors (Lipinski definition) is 6. The summed E-state index contributed by atoms with van der Waals surface area (Å²) in [4.78, 5) is 37.3. The summed E-state index contributed by atoms with van der Waals surface area (Å²) in [6.07, 6.45) is 0.800. The first-order chi connectivity index (χ1) is 12.4. The molecule has 1 aliphatic rings. The van der Waals surface area contributed by atoms with E-state index >= 15 is 0 Å². The maximum absolute atomic E-state index is 12.4. The average molecular weight is 391 g/mol. The molecule has 0 radical (unpaired) electrons. The highest BCUT2D eigenvalue weighted by molar-refractivity contribution is 7.18. The summed E-state index contributed by atoms with van der Waals surface area (Å²) in [5.74, 6) is -1.37. The second-order valence-corrected chi connectivity index (χ2v) is 6.81. The van der Waals surface area contributed by atoms with Crippen molar-refractivity contribution in [3.05, 3.63) is 51.4 Å². The molecule has 1 aromatic heterocycles. The third-order valence-corrected chi connectivity index (χ3v) is 5.03. The van der Waals surface area contributed by atoms with E-state index in [9.17, 15) is 14.4 Å². The predicted molar refractivity (Wildman–Crippen MR) is 93.8 cm³/mol. The molecule has 0 aliphatic carbocycles. The van der Waals surface area contributed by atoms with Crippen molar-refractivity contribution < 1.29 is 19.1 Å². The number of benzene rings is 1. The van der Waals surface area contributed by atoms with E-state index in [-0.39, 0.29) is 21.9 Å². The first-order valence-corrected chi connectivity index (χ1v) is 8.48. The second-order valence-electron chi connectivity index (χ2n) is 5.34. The molecule has 2 aromatic rings. The van der Waals surface area contributed by atoms with Crippen LogP contribution in [0.4, 0.5) is 9.80 Å². The molecule has 0 spiro atoms. The third-order valence-electron chi connectivity index (χ3n) is 3.68. The summed E-state index contributed by atoms with van der Waals surface area (Å²) in [5.41, 5.74) is 6.40. The lowest BCUT2D eigenvalue weighted by molar-refractivity contribution is 0.0690. The quantitative estimate of drug-likeness (QED) is 0.614. The van der Waals surface area contributed by atoms with E-state index in [1.807, 2.05) is 0 Å². The van der Waals surface area contributed by atoms with Crippen molar-refractivity contribution in [2.45, 2.75) is 12.6 Å². The number of amides is 3. The first kappa shape index (κ1) is 17.7. The molecule has 1 aliphatic heterocycles. The Kier molecular flexibility index (Phi) is 4.79. The highest BCUT2D eigenvalue weighted by Gasteiger charge is 2.37. The van der Waals surface area contributed by atoms with Crippen LogP contribution >= 0.6 is 22.9 Å². The highest BCUT2D eigenvalue weighted by atomic mass is 35.5. The summed E-state index contributed by atoms with van der Waals surface area (Å²) >= 11 is 6.82. The number of hydrogen-bond donors (Lipinski definition) is 2. The molecule has 8 nitrogen and oxygen atoms in total. The molecular formula is C16H11ClN4O4S. The van der Waals surface area contributed by atoms with Gasteiger partial charge < -0.3 is 15.8 Å². The Bertz CT molecular complexity index is 952. The molecule has 1 atom stereocenters. The number of anilines is 1. The number of rotatable bonds is 3. The van der Waals surface area contributed by atoms with Gasteiger partial charge >= 0.3 is 12.0 Å². The molecule has 3 amide bonds. The Morgan fingerprint density at radius 2 is 2.19 bits per heavy atom. The van der Waals surface area contributed by atoms with E-state index in [4.69, 9.17) is 22.6 Å². The number of carbonyl (C=O) groups excluding carboxylic acids is 3. The number of primary amides is 1. The minimum absolute atomic E-state index is 0.0151. The van der Waals surface area contributed by atoms with E-state index in [1.165, 1.54) is 17.2 Å². The van der Waals surface area contributed by atoms with Gasteiger partial charge in [0.1, 0.15) is 16.0 Å². The zero-order valence-corrected chi connectivity index (χ0v) is 14.6. The van der Waals surface area contributed by atoms with Crippen molar-refractivity contribution >= 4 is 45.8 Å². The molecule has 0 saturated carbocycles. The molecule has 132 valence electrons. The van der Waals surface area contributed by atoms with Crippen LogP contribution in [0.2, 0.25) is 5.02 Å². The van der Waals surface area contributed by atoms with Gasteiger partial charge in [0.25, 0.3) is 12.2 Å². The maximum Gasteiger partial charge on any atom is 0.363 e. The van der Waals surface area contributed by atoms with E-state index in [2.05, 4.69) is 10.1 Å². The minimum Gasteiger partial charge on any atom is -0.351 e. The number of nitrogens with zero attached hydrogens (tertiary/aromatic N) is 2. The Hall–Kier alpha value is -3.09. The van der Waals surface area contributed by atoms with Crippen LogP contribution < -0.4 is 16.0 Å². The lowest BCUT2D eigenvalue weighted by Crippen LogP contribution is -2.57. The lowest BCUT2D eigenvalue weighted by Gasteiger charge is -2.34. The molecule has 0 fully saturated rings. The van der Waals surface area contributed by atoms with E-state index in [0.29, 0.717) is 5.02 Å². The maximum atomic E-state index is 12.4. The Balaban J connectivity index is 1.98. The summed E-state index contributed by atoms with van der Waals surface area (Å²) in [7, 11) is 0. The van der Waals surface area contributed by atoms with E-state index in [1.54, 1.807) is 24.3 Å². The summed E-state index contributed by atoms with van der Waals surface area (Å²) in [6.45, 7) is 0. The van der Waals surface area contributed by atoms with Crippen LogP contribution in [0.25, 0.3) is 0 Å². The van der Waals surface area contributed by atoms with E-state index < -0.39 is 24.1 Å². The number of nitrogens with one attached hydrogen (secondary N) is 1. The number of fused-ring (bicyclic) bond motifs is 1. The Morgan fingerprint density at radius 1 is 1.42 bits per heavy atom. The number of nitriles is 1. The van der Waals surface area contributed by atoms with Crippen LogP contribution in [-0.2, 0) is 11.2 Å². The number of esters is 1. The molecule has 3 N–H and O–H groups in total. The second kappa shape index (κ2) is 7.03. The smallest absolute Gasteiger partial charge is 0.351 e. The molecule has 0 bridgehead atoms. The van der Waals surface area contributed by atoms with Crippen LogP contribution in [0.1, 0.15) is 25.6 Å². The van der Waals surface area contributed by atoms with Gasteiger partial charge in [0.15, 0.2) is 0 Å². The highest BCUT2D eigenvalue weighted by Crippen LogP contribution is 2.36. The van der Waals surface area contributed by atoms with E-state index in [0.717, 1.165) is 16.9 Å². The Labute approximate surface area is 156 Å². The van der Waals surface area contributed by atoms with Gasteiger partial charge in [0.05, 0.1) is 5.56 Å². The van der Waals surface area contributed by atoms with Crippen molar-refractivity contribution in [2.24, 2.45) is 5.73 Å². The Morgan fingerprint density at radius 3 is 2.85 bits per heavy atom. The molecule has 1 unspecified atom stereocenters. The molecule has 1 aromatic carbocycles. The largest absolute Gasteiger partial charge is 0.363 e. The number of halogens is 1. The third kappa shape index (κ3) is 3.33. The van der Waals surface area contributed by atoms with Gasteiger partial charge in [0.2, 0.25) is 0 Å².